The van der Waals surface area contributed by atoms with E-state index in [0.29, 0.717) is 55.1 Å². The van der Waals surface area contributed by atoms with Gasteiger partial charge < -0.3 is 19.6 Å². The summed E-state index contributed by atoms with van der Waals surface area (Å²) in [5, 5.41) is 3.42. The Morgan fingerprint density at radius 2 is 1.90 bits per heavy atom. The Labute approximate surface area is 190 Å². The summed E-state index contributed by atoms with van der Waals surface area (Å²) in [6.45, 7) is 4.53. The zero-order valence-electron chi connectivity index (χ0n) is 17.3. The van der Waals surface area contributed by atoms with Crippen molar-refractivity contribution in [1.82, 2.24) is 24.9 Å². The van der Waals surface area contributed by atoms with Crippen LogP contribution in [0.1, 0.15) is 18.9 Å². The number of benzene rings is 1. The van der Waals surface area contributed by atoms with Crippen molar-refractivity contribution < 1.29 is 14.4 Å². The highest BCUT2D eigenvalue weighted by atomic mass is 35.5. The van der Waals surface area contributed by atoms with E-state index in [-0.39, 0.29) is 5.91 Å². The molecule has 11 heteroatoms. The van der Waals surface area contributed by atoms with Crippen molar-refractivity contribution in [3.8, 4) is 0 Å². The molecule has 3 heterocycles. The summed E-state index contributed by atoms with van der Waals surface area (Å²) < 4.78 is 0. The fraction of sp³-hybridized carbons (Fsp3) is 0.500. The van der Waals surface area contributed by atoms with Gasteiger partial charge in [0.05, 0.1) is 0 Å². The Hall–Kier alpha value is -2.52. The largest absolute Gasteiger partial charge is 0.339 e. The fourth-order valence-electron chi connectivity index (χ4n) is 4.16. The number of urea groups is 1. The standard InChI is InChI=1S/C20H24Cl2N6O3/c1-3-15(29)26-6-8-27(9-7-26)19-23-17-16(18(30)24-20(31)25(17)2)28(19)11-12-4-5-13(21)10-14(12)22/h4-5,10,16-17H,3,6-9,11H2,1-2H3,(H,24,30,31). The number of guanidine groups is 1. The minimum absolute atomic E-state index is 0.121. The average Bonchev–Trinajstić information content (AvgIpc) is 3.13. The van der Waals surface area contributed by atoms with Gasteiger partial charge in [-0.25, -0.2) is 9.79 Å². The quantitative estimate of drug-likeness (QED) is 0.730. The Morgan fingerprint density at radius 1 is 1.19 bits per heavy atom. The van der Waals surface area contributed by atoms with Gasteiger partial charge in [0, 0.05) is 56.2 Å². The molecular formula is C20H24Cl2N6O3. The summed E-state index contributed by atoms with van der Waals surface area (Å²) in [5.41, 5.74) is 0.798. The van der Waals surface area contributed by atoms with Crippen molar-refractivity contribution in [1.29, 1.82) is 0 Å². The van der Waals surface area contributed by atoms with Crippen molar-refractivity contribution >= 4 is 47.0 Å². The van der Waals surface area contributed by atoms with Crippen LogP contribution < -0.4 is 5.32 Å². The molecule has 3 aliphatic rings. The van der Waals surface area contributed by atoms with Crippen LogP contribution >= 0.6 is 23.2 Å². The first-order valence-electron chi connectivity index (χ1n) is 10.2. The highest BCUT2D eigenvalue weighted by Crippen LogP contribution is 2.30. The number of aliphatic imine (C=N–C) groups is 1. The van der Waals surface area contributed by atoms with Crippen LogP contribution in [0, 0.1) is 0 Å². The number of amides is 4. The lowest BCUT2D eigenvalue weighted by atomic mass is 10.1. The molecule has 166 valence electrons. The van der Waals surface area contributed by atoms with Gasteiger partial charge in [-0.05, 0) is 17.7 Å². The molecule has 0 radical (unpaired) electrons. The van der Waals surface area contributed by atoms with Crippen LogP contribution in [-0.2, 0) is 16.1 Å². The molecule has 1 aromatic rings. The molecule has 0 aromatic heterocycles. The third-order valence-corrected chi connectivity index (χ3v) is 6.50. The van der Waals surface area contributed by atoms with E-state index in [1.807, 2.05) is 22.8 Å². The molecule has 31 heavy (non-hydrogen) atoms. The number of nitrogens with one attached hydrogen (secondary N) is 1. The Morgan fingerprint density at radius 3 is 2.55 bits per heavy atom. The number of likely N-dealkylation sites (N-methyl/N-ethyl adjacent to an activating group) is 1. The third-order valence-electron chi connectivity index (χ3n) is 5.91. The number of rotatable bonds is 3. The van der Waals surface area contributed by atoms with Gasteiger partial charge in [-0.2, -0.15) is 0 Å². The lowest BCUT2D eigenvalue weighted by molar-refractivity contribution is -0.132. The maximum Gasteiger partial charge on any atom is 0.325 e. The number of carbonyl (C=O) groups is 3. The number of hydrogen-bond acceptors (Lipinski definition) is 6. The first-order valence-corrected chi connectivity index (χ1v) is 10.9. The summed E-state index contributed by atoms with van der Waals surface area (Å²) in [7, 11) is 1.62. The van der Waals surface area contributed by atoms with Gasteiger partial charge in [0.25, 0.3) is 5.91 Å². The van der Waals surface area contributed by atoms with E-state index in [1.165, 1.54) is 4.90 Å². The van der Waals surface area contributed by atoms with Gasteiger partial charge in [0.1, 0.15) is 0 Å². The number of halogens is 2. The lowest BCUT2D eigenvalue weighted by Gasteiger charge is -2.40. The smallest absolute Gasteiger partial charge is 0.325 e. The molecule has 0 aliphatic carbocycles. The van der Waals surface area contributed by atoms with E-state index >= 15 is 0 Å². The van der Waals surface area contributed by atoms with Gasteiger partial charge in [0.15, 0.2) is 18.2 Å². The Balaban J connectivity index is 1.63. The molecule has 0 saturated carbocycles. The molecule has 2 saturated heterocycles. The van der Waals surface area contributed by atoms with Crippen molar-refractivity contribution in [3.05, 3.63) is 33.8 Å². The number of imide groups is 1. The number of piperazine rings is 1. The minimum atomic E-state index is -0.667. The van der Waals surface area contributed by atoms with Crippen LogP contribution in [0.25, 0.3) is 0 Å². The average molecular weight is 467 g/mol. The maximum atomic E-state index is 12.8. The number of fused-ring (bicyclic) bond motifs is 1. The van der Waals surface area contributed by atoms with E-state index < -0.39 is 24.1 Å². The Bertz CT molecular complexity index is 947. The molecule has 4 rings (SSSR count). The van der Waals surface area contributed by atoms with E-state index in [4.69, 9.17) is 28.2 Å². The van der Waals surface area contributed by atoms with E-state index in [1.54, 1.807) is 19.2 Å². The normalized spacial score (nSPS) is 23.7. The summed E-state index contributed by atoms with van der Waals surface area (Å²) in [6, 6.07) is 4.09. The van der Waals surface area contributed by atoms with Crippen molar-refractivity contribution in [2.24, 2.45) is 4.99 Å². The molecule has 2 unspecified atom stereocenters. The van der Waals surface area contributed by atoms with Crippen molar-refractivity contribution in [2.75, 3.05) is 33.2 Å². The molecule has 0 bridgehead atoms. The monoisotopic (exact) mass is 466 g/mol. The van der Waals surface area contributed by atoms with Crippen LogP contribution in [0.2, 0.25) is 10.0 Å². The van der Waals surface area contributed by atoms with E-state index in [0.717, 1.165) is 5.56 Å². The highest BCUT2D eigenvalue weighted by molar-refractivity contribution is 6.35. The molecule has 1 aromatic carbocycles. The molecule has 2 atom stereocenters. The number of nitrogens with zero attached hydrogens (tertiary/aromatic N) is 5. The summed E-state index contributed by atoms with van der Waals surface area (Å²) in [5.74, 6) is 0.356. The van der Waals surface area contributed by atoms with Crippen molar-refractivity contribution in [3.63, 3.8) is 0 Å². The topological polar surface area (TPSA) is 88.6 Å². The zero-order chi connectivity index (χ0) is 22.3. The second kappa shape index (κ2) is 8.55. The molecule has 3 aliphatic heterocycles. The van der Waals surface area contributed by atoms with Gasteiger partial charge in [-0.15, -0.1) is 0 Å². The molecule has 0 spiro atoms. The van der Waals surface area contributed by atoms with Gasteiger partial charge >= 0.3 is 6.03 Å². The predicted octanol–water partition coefficient (Wildman–Crippen LogP) is 1.60. The predicted molar refractivity (Wildman–Crippen MR) is 117 cm³/mol. The third kappa shape index (κ3) is 4.04. The van der Waals surface area contributed by atoms with Gasteiger partial charge in [0.2, 0.25) is 5.91 Å². The van der Waals surface area contributed by atoms with Crippen LogP contribution in [0.15, 0.2) is 23.2 Å². The highest BCUT2D eigenvalue weighted by Gasteiger charge is 2.50. The maximum absolute atomic E-state index is 12.8. The summed E-state index contributed by atoms with van der Waals surface area (Å²) in [4.78, 5) is 49.0. The van der Waals surface area contributed by atoms with E-state index in [9.17, 15) is 14.4 Å². The molecular weight excluding hydrogens is 443 g/mol. The molecule has 9 nitrogen and oxygen atoms in total. The van der Waals surface area contributed by atoms with Gasteiger partial charge in [-0.1, -0.05) is 36.2 Å². The SMILES string of the molecule is CCC(=O)N1CCN(C2=NC3C(C(=O)NC(=O)N3C)N2Cc2ccc(Cl)cc2Cl)CC1. The molecule has 2 fully saturated rings. The lowest BCUT2D eigenvalue weighted by Crippen LogP contribution is -2.64. The number of carbonyl (C=O) groups excluding carboxylic acids is 3. The fourth-order valence-corrected chi connectivity index (χ4v) is 4.62. The van der Waals surface area contributed by atoms with Crippen LogP contribution in [0.4, 0.5) is 4.79 Å². The second-order valence-corrected chi connectivity index (χ2v) is 8.62. The van der Waals surface area contributed by atoms with Crippen LogP contribution in [0.3, 0.4) is 0 Å². The minimum Gasteiger partial charge on any atom is -0.339 e. The van der Waals surface area contributed by atoms with Crippen LogP contribution in [-0.4, -0.2) is 88.8 Å². The van der Waals surface area contributed by atoms with Crippen molar-refractivity contribution in [2.45, 2.75) is 32.1 Å². The zero-order valence-corrected chi connectivity index (χ0v) is 18.9. The van der Waals surface area contributed by atoms with E-state index in [2.05, 4.69) is 10.2 Å². The first-order chi connectivity index (χ1) is 14.8. The van der Waals surface area contributed by atoms with Crippen LogP contribution in [0.5, 0.6) is 0 Å². The first kappa shape index (κ1) is 21.7. The second-order valence-electron chi connectivity index (χ2n) is 7.78. The molecule has 1 N–H and O–H groups in total. The van der Waals surface area contributed by atoms with Gasteiger partial charge in [-0.3, -0.25) is 14.9 Å². The summed E-state index contributed by atoms with van der Waals surface area (Å²) in [6.07, 6.45) is -0.156. The summed E-state index contributed by atoms with van der Waals surface area (Å²) >= 11 is 12.4. The molecule has 4 amide bonds. The Kier molecular flexibility index (Phi) is 5.98. The number of hydrogen-bond donors (Lipinski definition) is 1.